The molecule has 0 bridgehead atoms. The van der Waals surface area contributed by atoms with Gasteiger partial charge in [0.1, 0.15) is 6.54 Å². The van der Waals surface area contributed by atoms with Gasteiger partial charge >= 0.3 is 4.87 Å². The lowest BCUT2D eigenvalue weighted by Gasteiger charge is -1.99. The predicted octanol–water partition coefficient (Wildman–Crippen LogP) is 1.20. The Hall–Kier alpha value is -1.33. The number of halogens is 1. The van der Waals surface area contributed by atoms with E-state index in [0.29, 0.717) is 10.5 Å². The van der Waals surface area contributed by atoms with E-state index in [1.165, 1.54) is 4.57 Å². The summed E-state index contributed by atoms with van der Waals surface area (Å²) in [6.07, 6.45) is 0. The third kappa shape index (κ3) is 1.88. The lowest BCUT2D eigenvalue weighted by atomic mass is 10.3. The van der Waals surface area contributed by atoms with E-state index in [0.717, 1.165) is 16.0 Å². The number of aromatic nitrogens is 1. The van der Waals surface area contributed by atoms with Crippen molar-refractivity contribution in [3.8, 4) is 0 Å². The number of primary amides is 1. The average Bonchev–Trinajstić information content (AvgIpc) is 2.41. The van der Waals surface area contributed by atoms with Crippen molar-refractivity contribution in [1.82, 2.24) is 4.57 Å². The van der Waals surface area contributed by atoms with Crippen LogP contribution in [-0.2, 0) is 11.3 Å². The van der Waals surface area contributed by atoms with E-state index >= 15 is 0 Å². The van der Waals surface area contributed by atoms with Crippen molar-refractivity contribution in [1.29, 1.82) is 0 Å². The number of carbonyl (C=O) groups excluding carboxylic acids is 1. The predicted molar refractivity (Wildman–Crippen MR) is 60.3 cm³/mol. The zero-order valence-electron chi connectivity index (χ0n) is 7.57. The third-order valence-electron chi connectivity index (χ3n) is 1.94. The standard InChI is InChI=1S/C9H7ClN2O2S/c10-5-1-2-6-7(3-5)15-9(14)12(6)4-8(11)13/h1-3H,4H2,(H2,11,13). The first-order chi connectivity index (χ1) is 7.08. The van der Waals surface area contributed by atoms with Gasteiger partial charge in [-0.3, -0.25) is 14.2 Å². The molecule has 0 atom stereocenters. The number of rotatable bonds is 2. The maximum Gasteiger partial charge on any atom is 0.308 e. The summed E-state index contributed by atoms with van der Waals surface area (Å²) in [5, 5.41) is 0.565. The molecule has 0 aliphatic heterocycles. The summed E-state index contributed by atoms with van der Waals surface area (Å²) in [5.74, 6) is -0.535. The Bertz CT molecular complexity index is 587. The number of hydrogen-bond acceptors (Lipinski definition) is 3. The average molecular weight is 243 g/mol. The maximum absolute atomic E-state index is 11.5. The molecule has 0 saturated carbocycles. The number of hydrogen-bond donors (Lipinski definition) is 1. The van der Waals surface area contributed by atoms with Gasteiger partial charge in [0.15, 0.2) is 0 Å². The van der Waals surface area contributed by atoms with E-state index in [-0.39, 0.29) is 11.4 Å². The van der Waals surface area contributed by atoms with Gasteiger partial charge < -0.3 is 5.73 Å². The number of fused-ring (bicyclic) bond motifs is 1. The Morgan fingerprint density at radius 3 is 2.93 bits per heavy atom. The molecular formula is C9H7ClN2O2S. The molecule has 0 aliphatic carbocycles. The smallest absolute Gasteiger partial charge is 0.308 e. The van der Waals surface area contributed by atoms with Gasteiger partial charge in [-0.25, -0.2) is 0 Å². The van der Waals surface area contributed by atoms with Gasteiger partial charge in [0.2, 0.25) is 5.91 Å². The second-order valence-electron chi connectivity index (χ2n) is 3.03. The molecule has 0 spiro atoms. The Kier molecular flexibility index (Phi) is 2.50. The molecule has 0 saturated heterocycles. The van der Waals surface area contributed by atoms with E-state index in [1.54, 1.807) is 18.2 Å². The molecule has 2 rings (SSSR count). The number of benzene rings is 1. The summed E-state index contributed by atoms with van der Waals surface area (Å²) in [4.78, 5) is 22.1. The van der Waals surface area contributed by atoms with Crippen molar-refractivity contribution in [2.45, 2.75) is 6.54 Å². The molecule has 1 aromatic carbocycles. The molecule has 1 heterocycles. The van der Waals surface area contributed by atoms with Crippen LogP contribution in [0.3, 0.4) is 0 Å². The lowest BCUT2D eigenvalue weighted by molar-refractivity contribution is -0.118. The normalized spacial score (nSPS) is 10.7. The molecule has 1 amide bonds. The number of carbonyl (C=O) groups is 1. The van der Waals surface area contributed by atoms with Crippen molar-refractivity contribution >= 4 is 39.1 Å². The summed E-state index contributed by atoms with van der Waals surface area (Å²) >= 11 is 6.84. The first kappa shape index (κ1) is 10.2. The molecule has 78 valence electrons. The first-order valence-electron chi connectivity index (χ1n) is 4.15. The van der Waals surface area contributed by atoms with Crippen LogP contribution >= 0.6 is 22.9 Å². The Morgan fingerprint density at radius 1 is 1.53 bits per heavy atom. The van der Waals surface area contributed by atoms with Gasteiger partial charge in [-0.15, -0.1) is 0 Å². The highest BCUT2D eigenvalue weighted by Gasteiger charge is 2.09. The monoisotopic (exact) mass is 242 g/mol. The van der Waals surface area contributed by atoms with Crippen LogP contribution < -0.4 is 10.6 Å². The summed E-state index contributed by atoms with van der Waals surface area (Å²) < 4.78 is 2.10. The maximum atomic E-state index is 11.5. The molecule has 0 fully saturated rings. The fourth-order valence-corrected chi connectivity index (χ4v) is 2.51. The Labute approximate surface area is 93.9 Å². The van der Waals surface area contributed by atoms with Crippen molar-refractivity contribution in [3.05, 3.63) is 32.9 Å². The first-order valence-corrected chi connectivity index (χ1v) is 5.34. The molecule has 1 aromatic heterocycles. The van der Waals surface area contributed by atoms with Crippen molar-refractivity contribution in [2.24, 2.45) is 5.73 Å². The van der Waals surface area contributed by atoms with Crippen LogP contribution in [0.25, 0.3) is 10.2 Å². The Balaban J connectivity index is 2.68. The molecular weight excluding hydrogens is 236 g/mol. The quantitative estimate of drug-likeness (QED) is 0.860. The highest BCUT2D eigenvalue weighted by molar-refractivity contribution is 7.16. The zero-order chi connectivity index (χ0) is 11.0. The highest BCUT2D eigenvalue weighted by atomic mass is 35.5. The van der Waals surface area contributed by atoms with Crippen LogP contribution in [0.15, 0.2) is 23.0 Å². The van der Waals surface area contributed by atoms with Crippen LogP contribution in [-0.4, -0.2) is 10.5 Å². The summed E-state index contributed by atoms with van der Waals surface area (Å²) in [6.45, 7) is -0.0968. The molecule has 2 N–H and O–H groups in total. The fraction of sp³-hybridized carbons (Fsp3) is 0.111. The molecule has 0 radical (unpaired) electrons. The van der Waals surface area contributed by atoms with Gasteiger partial charge in [0, 0.05) is 5.02 Å². The second kappa shape index (κ2) is 3.67. The van der Waals surface area contributed by atoms with Crippen LogP contribution in [0.1, 0.15) is 0 Å². The lowest BCUT2D eigenvalue weighted by Crippen LogP contribution is -2.24. The van der Waals surface area contributed by atoms with Gasteiger partial charge in [0.25, 0.3) is 0 Å². The van der Waals surface area contributed by atoms with Gasteiger partial charge in [-0.05, 0) is 18.2 Å². The third-order valence-corrected chi connectivity index (χ3v) is 3.12. The number of nitrogens with two attached hydrogens (primary N) is 1. The molecule has 2 aromatic rings. The van der Waals surface area contributed by atoms with Crippen LogP contribution in [0.2, 0.25) is 5.02 Å². The molecule has 4 nitrogen and oxygen atoms in total. The van der Waals surface area contributed by atoms with E-state index in [1.807, 2.05) is 0 Å². The van der Waals surface area contributed by atoms with Crippen molar-refractivity contribution in [3.63, 3.8) is 0 Å². The Morgan fingerprint density at radius 2 is 2.27 bits per heavy atom. The largest absolute Gasteiger partial charge is 0.368 e. The van der Waals surface area contributed by atoms with Gasteiger partial charge in [0.05, 0.1) is 10.2 Å². The molecule has 0 unspecified atom stereocenters. The highest BCUT2D eigenvalue weighted by Crippen LogP contribution is 2.21. The minimum atomic E-state index is -0.535. The zero-order valence-corrected chi connectivity index (χ0v) is 9.14. The van der Waals surface area contributed by atoms with Crippen LogP contribution in [0.4, 0.5) is 0 Å². The van der Waals surface area contributed by atoms with E-state index in [9.17, 15) is 9.59 Å². The molecule has 15 heavy (non-hydrogen) atoms. The number of nitrogens with zero attached hydrogens (tertiary/aromatic N) is 1. The summed E-state index contributed by atoms with van der Waals surface area (Å²) in [6, 6.07) is 5.08. The molecule has 6 heteroatoms. The molecule has 0 aliphatic rings. The topological polar surface area (TPSA) is 65.1 Å². The SMILES string of the molecule is NC(=O)Cn1c(=O)sc2cc(Cl)ccc21. The summed E-state index contributed by atoms with van der Waals surface area (Å²) in [5.41, 5.74) is 5.74. The minimum absolute atomic E-state index is 0.0968. The van der Waals surface area contributed by atoms with E-state index in [4.69, 9.17) is 17.3 Å². The summed E-state index contributed by atoms with van der Waals surface area (Å²) in [7, 11) is 0. The fourth-order valence-electron chi connectivity index (χ4n) is 1.35. The van der Waals surface area contributed by atoms with Crippen LogP contribution in [0, 0.1) is 0 Å². The van der Waals surface area contributed by atoms with Crippen molar-refractivity contribution < 1.29 is 4.79 Å². The van der Waals surface area contributed by atoms with Crippen LogP contribution in [0.5, 0.6) is 0 Å². The second-order valence-corrected chi connectivity index (χ2v) is 4.46. The number of thiazole rings is 1. The van der Waals surface area contributed by atoms with Crippen molar-refractivity contribution in [2.75, 3.05) is 0 Å². The van der Waals surface area contributed by atoms with E-state index < -0.39 is 5.91 Å². The minimum Gasteiger partial charge on any atom is -0.368 e. The number of amides is 1. The van der Waals surface area contributed by atoms with E-state index in [2.05, 4.69) is 0 Å². The van der Waals surface area contributed by atoms with Gasteiger partial charge in [-0.2, -0.15) is 0 Å². The van der Waals surface area contributed by atoms with Gasteiger partial charge in [-0.1, -0.05) is 22.9 Å².